The topological polar surface area (TPSA) is 54.9 Å². The molecule has 1 aromatic heterocycles. The summed E-state index contributed by atoms with van der Waals surface area (Å²) in [6.45, 7) is 0.244. The Morgan fingerprint density at radius 2 is 1.80 bits per heavy atom. The molecule has 0 saturated carbocycles. The van der Waals surface area contributed by atoms with Gasteiger partial charge in [-0.3, -0.25) is 9.36 Å². The Hall–Kier alpha value is -2.33. The zero-order chi connectivity index (χ0) is 14.1. The summed E-state index contributed by atoms with van der Waals surface area (Å²) in [6, 6.07) is 14.2. The van der Waals surface area contributed by atoms with Crippen molar-refractivity contribution in [3.8, 4) is 0 Å². The lowest BCUT2D eigenvalue weighted by Gasteiger charge is -2.06. The predicted octanol–water partition coefficient (Wildman–Crippen LogP) is 2.39. The SMILES string of the molecule is O=c1[nH]c2cc(Cl)ccc2c(=O)n1Cc1ccccc1. The van der Waals surface area contributed by atoms with Gasteiger partial charge in [0, 0.05) is 5.02 Å². The number of nitrogens with one attached hydrogen (secondary N) is 1. The van der Waals surface area contributed by atoms with Crippen molar-refractivity contribution in [2.45, 2.75) is 6.54 Å². The van der Waals surface area contributed by atoms with Crippen LogP contribution in [0.1, 0.15) is 5.56 Å². The first kappa shape index (κ1) is 12.7. The average Bonchev–Trinajstić information content (AvgIpc) is 2.44. The van der Waals surface area contributed by atoms with Crippen LogP contribution in [0.4, 0.5) is 0 Å². The molecule has 3 aromatic rings. The number of halogens is 1. The molecule has 5 heteroatoms. The third kappa shape index (κ3) is 2.26. The van der Waals surface area contributed by atoms with Gasteiger partial charge in [0.1, 0.15) is 0 Å². The van der Waals surface area contributed by atoms with Crippen LogP contribution in [-0.4, -0.2) is 9.55 Å². The fourth-order valence-corrected chi connectivity index (χ4v) is 2.31. The van der Waals surface area contributed by atoms with Crippen LogP contribution in [0.25, 0.3) is 10.9 Å². The van der Waals surface area contributed by atoms with Gasteiger partial charge in [-0.25, -0.2) is 4.79 Å². The lowest BCUT2D eigenvalue weighted by molar-refractivity contribution is 0.712. The molecule has 0 atom stereocenters. The van der Waals surface area contributed by atoms with Gasteiger partial charge in [0.25, 0.3) is 5.56 Å². The van der Waals surface area contributed by atoms with E-state index in [9.17, 15) is 9.59 Å². The summed E-state index contributed by atoms with van der Waals surface area (Å²) >= 11 is 5.86. The lowest BCUT2D eigenvalue weighted by Crippen LogP contribution is -2.35. The minimum absolute atomic E-state index is 0.244. The van der Waals surface area contributed by atoms with Gasteiger partial charge >= 0.3 is 5.69 Å². The van der Waals surface area contributed by atoms with E-state index in [1.807, 2.05) is 30.3 Å². The van der Waals surface area contributed by atoms with Gasteiger partial charge in [0.05, 0.1) is 17.4 Å². The third-order valence-corrected chi connectivity index (χ3v) is 3.36. The molecule has 0 fully saturated rings. The molecule has 2 aromatic carbocycles. The fourth-order valence-electron chi connectivity index (χ4n) is 2.14. The molecule has 0 unspecified atom stereocenters. The van der Waals surface area contributed by atoms with Gasteiger partial charge in [-0.2, -0.15) is 0 Å². The second-order valence-corrected chi connectivity index (χ2v) is 4.93. The first-order chi connectivity index (χ1) is 9.65. The monoisotopic (exact) mass is 286 g/mol. The quantitative estimate of drug-likeness (QED) is 0.786. The molecule has 20 heavy (non-hydrogen) atoms. The Labute approximate surface area is 119 Å². The Bertz CT molecular complexity index is 882. The maximum Gasteiger partial charge on any atom is 0.329 e. The van der Waals surface area contributed by atoms with Gasteiger partial charge in [-0.1, -0.05) is 41.9 Å². The van der Waals surface area contributed by atoms with Gasteiger partial charge in [0.2, 0.25) is 0 Å². The van der Waals surface area contributed by atoms with E-state index in [-0.39, 0.29) is 12.1 Å². The zero-order valence-corrected chi connectivity index (χ0v) is 11.2. The molecule has 0 aliphatic carbocycles. The van der Waals surface area contributed by atoms with E-state index in [1.165, 1.54) is 4.57 Å². The van der Waals surface area contributed by atoms with Gasteiger partial charge < -0.3 is 4.98 Å². The molecular formula is C15H11ClN2O2. The molecule has 0 aliphatic heterocycles. The molecular weight excluding hydrogens is 276 g/mol. The minimum atomic E-state index is -0.436. The van der Waals surface area contributed by atoms with E-state index >= 15 is 0 Å². The van der Waals surface area contributed by atoms with Crippen molar-refractivity contribution in [2.24, 2.45) is 0 Å². The van der Waals surface area contributed by atoms with Crippen molar-refractivity contribution in [3.63, 3.8) is 0 Å². The van der Waals surface area contributed by atoms with E-state index in [0.29, 0.717) is 15.9 Å². The number of hydrogen-bond donors (Lipinski definition) is 1. The van der Waals surface area contributed by atoms with E-state index < -0.39 is 5.69 Å². The Kier molecular flexibility index (Phi) is 3.16. The Balaban J connectivity index is 2.19. The van der Waals surface area contributed by atoms with E-state index in [0.717, 1.165) is 5.56 Å². The molecule has 1 N–H and O–H groups in total. The summed E-state index contributed by atoms with van der Waals surface area (Å²) in [5.74, 6) is 0. The average molecular weight is 287 g/mol. The first-order valence-corrected chi connectivity index (χ1v) is 6.49. The largest absolute Gasteiger partial charge is 0.329 e. The molecule has 0 bridgehead atoms. The molecule has 100 valence electrons. The summed E-state index contributed by atoms with van der Waals surface area (Å²) in [5, 5.41) is 0.929. The summed E-state index contributed by atoms with van der Waals surface area (Å²) in [6.07, 6.45) is 0. The van der Waals surface area contributed by atoms with Crippen molar-refractivity contribution in [1.29, 1.82) is 0 Å². The highest BCUT2D eigenvalue weighted by atomic mass is 35.5. The molecule has 0 saturated heterocycles. The van der Waals surface area contributed by atoms with Gasteiger partial charge in [0.15, 0.2) is 0 Å². The number of H-pyrrole nitrogens is 1. The molecule has 0 spiro atoms. The van der Waals surface area contributed by atoms with Crippen molar-refractivity contribution in [2.75, 3.05) is 0 Å². The summed E-state index contributed by atoms with van der Waals surface area (Å²) in [5.41, 5.74) is 0.600. The fraction of sp³-hybridized carbons (Fsp3) is 0.0667. The zero-order valence-electron chi connectivity index (χ0n) is 10.5. The highest BCUT2D eigenvalue weighted by Crippen LogP contribution is 2.13. The molecule has 0 amide bonds. The summed E-state index contributed by atoms with van der Waals surface area (Å²) in [4.78, 5) is 27.1. The van der Waals surface area contributed by atoms with Crippen molar-refractivity contribution in [1.82, 2.24) is 9.55 Å². The van der Waals surface area contributed by atoms with E-state index in [4.69, 9.17) is 11.6 Å². The number of aromatic nitrogens is 2. The molecule has 1 heterocycles. The molecule has 0 radical (unpaired) electrons. The van der Waals surface area contributed by atoms with Crippen molar-refractivity contribution >= 4 is 22.5 Å². The van der Waals surface area contributed by atoms with Gasteiger partial charge in [-0.15, -0.1) is 0 Å². The summed E-state index contributed by atoms with van der Waals surface area (Å²) in [7, 11) is 0. The maximum atomic E-state index is 12.4. The van der Waals surface area contributed by atoms with Crippen LogP contribution in [0.5, 0.6) is 0 Å². The number of hydrogen-bond acceptors (Lipinski definition) is 2. The highest BCUT2D eigenvalue weighted by Gasteiger charge is 2.08. The maximum absolute atomic E-state index is 12.4. The molecule has 3 rings (SSSR count). The minimum Gasteiger partial charge on any atom is -0.307 e. The van der Waals surface area contributed by atoms with Crippen molar-refractivity contribution < 1.29 is 0 Å². The normalized spacial score (nSPS) is 10.8. The van der Waals surface area contributed by atoms with Crippen LogP contribution < -0.4 is 11.2 Å². The van der Waals surface area contributed by atoms with Crippen LogP contribution in [0.3, 0.4) is 0 Å². The third-order valence-electron chi connectivity index (χ3n) is 3.13. The van der Waals surface area contributed by atoms with Crippen LogP contribution in [0, 0.1) is 0 Å². The summed E-state index contributed by atoms with van der Waals surface area (Å²) < 4.78 is 1.19. The predicted molar refractivity (Wildman–Crippen MR) is 79.4 cm³/mol. The molecule has 4 nitrogen and oxygen atoms in total. The first-order valence-electron chi connectivity index (χ1n) is 6.11. The van der Waals surface area contributed by atoms with Crippen molar-refractivity contribution in [3.05, 3.63) is 80.0 Å². The highest BCUT2D eigenvalue weighted by molar-refractivity contribution is 6.31. The standard InChI is InChI=1S/C15H11ClN2O2/c16-11-6-7-12-13(8-11)17-15(20)18(14(12)19)9-10-4-2-1-3-5-10/h1-8H,9H2,(H,17,20). The van der Waals surface area contributed by atoms with Crippen LogP contribution in [0.15, 0.2) is 58.1 Å². The van der Waals surface area contributed by atoms with E-state index in [1.54, 1.807) is 18.2 Å². The molecule has 0 aliphatic rings. The number of benzene rings is 2. The van der Waals surface area contributed by atoms with Crippen LogP contribution in [0.2, 0.25) is 5.02 Å². The number of nitrogens with zero attached hydrogens (tertiary/aromatic N) is 1. The smallest absolute Gasteiger partial charge is 0.307 e. The number of aromatic amines is 1. The van der Waals surface area contributed by atoms with Gasteiger partial charge in [-0.05, 0) is 23.8 Å². The van der Waals surface area contributed by atoms with Crippen LogP contribution >= 0.6 is 11.6 Å². The Morgan fingerprint density at radius 3 is 2.55 bits per heavy atom. The second-order valence-electron chi connectivity index (χ2n) is 4.50. The number of fused-ring (bicyclic) bond motifs is 1. The Morgan fingerprint density at radius 1 is 1.05 bits per heavy atom. The van der Waals surface area contributed by atoms with E-state index in [2.05, 4.69) is 4.98 Å². The lowest BCUT2D eigenvalue weighted by atomic mass is 10.2. The second kappa shape index (κ2) is 4.98. The van der Waals surface area contributed by atoms with Crippen LogP contribution in [-0.2, 0) is 6.54 Å². The number of rotatable bonds is 2.